The topological polar surface area (TPSA) is 102 Å². The van der Waals surface area contributed by atoms with E-state index < -0.39 is 73.0 Å². The highest BCUT2D eigenvalue weighted by Crippen LogP contribution is 2.44. The molecule has 304 valence electrons. The van der Waals surface area contributed by atoms with Gasteiger partial charge in [0.05, 0.1) is 39.6 Å². The van der Waals surface area contributed by atoms with Crippen LogP contribution < -0.4 is 0 Å². The number of hydrogen-bond acceptors (Lipinski definition) is 11. The molecule has 0 saturated carbocycles. The van der Waals surface area contributed by atoms with Crippen molar-refractivity contribution in [2.75, 3.05) is 13.2 Å². The van der Waals surface area contributed by atoms with Crippen molar-refractivity contribution in [1.29, 1.82) is 0 Å². The molecule has 57 heavy (non-hydrogen) atoms. The molecule has 4 fully saturated rings. The van der Waals surface area contributed by atoms with Crippen LogP contribution in [0.1, 0.15) is 49.9 Å². The monoisotopic (exact) mass is 782 g/mol. The van der Waals surface area contributed by atoms with Crippen LogP contribution in [0, 0.1) is 0 Å². The SMILES string of the molecule is CC1(C)O[C@H]2O[C@H]([C@H]3COC(C)(C)O3)[C@H](O[C@@H]3O[C@H](COCc4ccccc4)[C@H](OCc4ccccc4)[C@H](OCc4ccccc4)[C@H]3OCc3ccccc3)[C@H]2O1. The first-order valence-corrected chi connectivity index (χ1v) is 19.9. The zero-order valence-corrected chi connectivity index (χ0v) is 33.1. The largest absolute Gasteiger partial charge is 0.374 e. The smallest absolute Gasteiger partial charge is 0.190 e. The Kier molecular flexibility index (Phi) is 12.8. The molecule has 0 aromatic heterocycles. The standard InChI is InChI=1S/C46H54O11/c1-45(2)51-30-36(55-45)38-40(42-44(53-38)57-46(3,4)56-42)54-43-41(50-28-34-23-15-8-16-24-34)39(49-27-33-21-13-7-14-22-33)37(48-26-32-19-11-6-12-20-32)35(52-43)29-47-25-31-17-9-5-10-18-31/h5-24,35-44H,25-30H2,1-4H3/t35-,36-,37+,38-,39+,40+,41-,42-,43+,44-/m1/s1. The van der Waals surface area contributed by atoms with Gasteiger partial charge in [-0.25, -0.2) is 0 Å². The van der Waals surface area contributed by atoms with E-state index in [1.807, 2.05) is 149 Å². The fraction of sp³-hybridized carbons (Fsp3) is 0.478. The Morgan fingerprint density at radius 2 is 1.02 bits per heavy atom. The third-order valence-electron chi connectivity index (χ3n) is 10.6. The van der Waals surface area contributed by atoms with E-state index in [-0.39, 0.29) is 13.2 Å². The molecule has 11 nitrogen and oxygen atoms in total. The van der Waals surface area contributed by atoms with Crippen molar-refractivity contribution in [2.45, 2.75) is 127 Å². The first-order valence-electron chi connectivity index (χ1n) is 19.9. The van der Waals surface area contributed by atoms with Crippen LogP contribution >= 0.6 is 0 Å². The highest BCUT2D eigenvalue weighted by molar-refractivity contribution is 5.16. The minimum atomic E-state index is -0.978. The molecule has 0 N–H and O–H groups in total. The van der Waals surface area contributed by atoms with Crippen LogP contribution in [0.15, 0.2) is 121 Å². The molecule has 4 saturated heterocycles. The van der Waals surface area contributed by atoms with Crippen molar-refractivity contribution in [3.63, 3.8) is 0 Å². The van der Waals surface area contributed by atoms with Gasteiger partial charge in [-0.3, -0.25) is 0 Å². The first-order chi connectivity index (χ1) is 27.7. The molecule has 0 spiro atoms. The van der Waals surface area contributed by atoms with Crippen LogP contribution in [-0.2, 0) is 78.5 Å². The first kappa shape index (κ1) is 40.2. The van der Waals surface area contributed by atoms with Crippen LogP contribution in [0.2, 0.25) is 0 Å². The summed E-state index contributed by atoms with van der Waals surface area (Å²) in [5.41, 5.74) is 4.06. The molecule has 4 aromatic rings. The van der Waals surface area contributed by atoms with Crippen molar-refractivity contribution in [3.8, 4) is 0 Å². The van der Waals surface area contributed by atoms with E-state index in [1.165, 1.54) is 0 Å². The zero-order valence-electron chi connectivity index (χ0n) is 33.1. The minimum Gasteiger partial charge on any atom is -0.374 e. The lowest BCUT2D eigenvalue weighted by atomic mass is 9.97. The summed E-state index contributed by atoms with van der Waals surface area (Å²) in [5.74, 6) is -1.68. The van der Waals surface area contributed by atoms with Gasteiger partial charge in [-0.05, 0) is 49.9 Å². The van der Waals surface area contributed by atoms with Crippen LogP contribution in [0.5, 0.6) is 0 Å². The van der Waals surface area contributed by atoms with E-state index in [1.54, 1.807) is 0 Å². The van der Waals surface area contributed by atoms with Gasteiger partial charge < -0.3 is 52.1 Å². The maximum atomic E-state index is 7.14. The number of hydrogen-bond donors (Lipinski definition) is 0. The molecule has 0 amide bonds. The summed E-state index contributed by atoms with van der Waals surface area (Å²) in [5, 5.41) is 0. The highest BCUT2D eigenvalue weighted by Gasteiger charge is 2.61. The second-order valence-electron chi connectivity index (χ2n) is 15.9. The molecule has 4 aliphatic rings. The molecule has 4 heterocycles. The van der Waals surface area contributed by atoms with E-state index in [2.05, 4.69) is 0 Å². The number of fused-ring (bicyclic) bond motifs is 1. The molecule has 0 unspecified atom stereocenters. The van der Waals surface area contributed by atoms with E-state index in [4.69, 9.17) is 52.1 Å². The normalized spacial score (nSPS) is 31.6. The Balaban J connectivity index is 1.14. The molecular weight excluding hydrogens is 728 g/mol. The molecule has 0 bridgehead atoms. The van der Waals surface area contributed by atoms with Crippen LogP contribution in [0.25, 0.3) is 0 Å². The van der Waals surface area contributed by atoms with Crippen molar-refractivity contribution >= 4 is 0 Å². The summed E-state index contributed by atoms with van der Waals surface area (Å²) in [7, 11) is 0. The summed E-state index contributed by atoms with van der Waals surface area (Å²) in [6, 6.07) is 40.2. The van der Waals surface area contributed by atoms with Crippen molar-refractivity contribution in [1.82, 2.24) is 0 Å². The molecule has 8 rings (SSSR count). The lowest BCUT2D eigenvalue weighted by molar-refractivity contribution is -0.345. The Bertz CT molecular complexity index is 1810. The van der Waals surface area contributed by atoms with Crippen molar-refractivity contribution in [3.05, 3.63) is 144 Å². The van der Waals surface area contributed by atoms with Gasteiger partial charge in [0, 0.05) is 0 Å². The Morgan fingerprint density at radius 1 is 0.509 bits per heavy atom. The maximum absolute atomic E-state index is 7.14. The van der Waals surface area contributed by atoms with E-state index >= 15 is 0 Å². The van der Waals surface area contributed by atoms with Crippen LogP contribution in [-0.4, -0.2) is 86.2 Å². The molecular formula is C46H54O11. The number of rotatable bonds is 16. The van der Waals surface area contributed by atoms with Gasteiger partial charge in [0.25, 0.3) is 0 Å². The summed E-state index contributed by atoms with van der Waals surface area (Å²) in [6.45, 7) is 9.30. The average Bonchev–Trinajstić information content (AvgIpc) is 3.85. The molecule has 10 atom stereocenters. The third-order valence-corrected chi connectivity index (χ3v) is 10.6. The quantitative estimate of drug-likeness (QED) is 0.116. The lowest BCUT2D eigenvalue weighted by Crippen LogP contribution is -2.63. The molecule has 0 aliphatic carbocycles. The maximum Gasteiger partial charge on any atom is 0.190 e. The number of ether oxygens (including phenoxy) is 11. The second kappa shape index (κ2) is 18.1. The Hall–Kier alpha value is -3.56. The molecule has 4 aliphatic heterocycles. The Labute approximate surface area is 335 Å². The van der Waals surface area contributed by atoms with Gasteiger partial charge in [0.2, 0.25) is 0 Å². The van der Waals surface area contributed by atoms with Crippen molar-refractivity contribution in [2.24, 2.45) is 0 Å². The van der Waals surface area contributed by atoms with Gasteiger partial charge in [0.1, 0.15) is 48.8 Å². The van der Waals surface area contributed by atoms with Gasteiger partial charge in [-0.2, -0.15) is 0 Å². The summed E-state index contributed by atoms with van der Waals surface area (Å²) in [4.78, 5) is 0. The zero-order chi connectivity index (χ0) is 39.2. The average molecular weight is 783 g/mol. The van der Waals surface area contributed by atoms with Gasteiger partial charge in [-0.15, -0.1) is 0 Å². The second-order valence-corrected chi connectivity index (χ2v) is 15.9. The summed E-state index contributed by atoms with van der Waals surface area (Å²) < 4.78 is 72.8. The molecule has 0 radical (unpaired) electrons. The van der Waals surface area contributed by atoms with Crippen LogP contribution in [0.3, 0.4) is 0 Å². The van der Waals surface area contributed by atoms with Gasteiger partial charge in [0.15, 0.2) is 24.2 Å². The van der Waals surface area contributed by atoms with Crippen molar-refractivity contribution < 1.29 is 52.1 Å². The highest BCUT2D eigenvalue weighted by atomic mass is 16.9. The minimum absolute atomic E-state index is 0.196. The predicted molar refractivity (Wildman–Crippen MR) is 208 cm³/mol. The predicted octanol–water partition coefficient (Wildman–Crippen LogP) is 7.10. The molecule has 11 heteroatoms. The Morgan fingerprint density at radius 3 is 1.54 bits per heavy atom. The van der Waals surface area contributed by atoms with Gasteiger partial charge in [-0.1, -0.05) is 121 Å². The third kappa shape index (κ3) is 10.2. The van der Waals surface area contributed by atoms with E-state index in [9.17, 15) is 0 Å². The molecule has 4 aromatic carbocycles. The summed E-state index contributed by atoms with van der Waals surface area (Å²) in [6.07, 6.45) is -6.67. The fourth-order valence-corrected chi connectivity index (χ4v) is 7.85. The van der Waals surface area contributed by atoms with E-state index in [0.717, 1.165) is 22.3 Å². The summed E-state index contributed by atoms with van der Waals surface area (Å²) >= 11 is 0. The fourth-order valence-electron chi connectivity index (χ4n) is 7.85. The van der Waals surface area contributed by atoms with E-state index in [0.29, 0.717) is 26.4 Å². The lowest BCUT2D eigenvalue weighted by Gasteiger charge is -2.47. The van der Waals surface area contributed by atoms with Gasteiger partial charge >= 0.3 is 0 Å². The number of benzene rings is 4. The van der Waals surface area contributed by atoms with Crippen LogP contribution in [0.4, 0.5) is 0 Å².